The van der Waals surface area contributed by atoms with Crippen molar-refractivity contribution in [2.24, 2.45) is 0 Å². The van der Waals surface area contributed by atoms with Crippen LogP contribution < -0.4 is 4.90 Å². The highest BCUT2D eigenvalue weighted by atomic mass is 79.9. The van der Waals surface area contributed by atoms with Gasteiger partial charge in [0, 0.05) is 12.2 Å². The molecule has 1 aromatic carbocycles. The molecule has 2 nitrogen and oxygen atoms in total. The van der Waals surface area contributed by atoms with E-state index in [1.165, 1.54) is 0 Å². The second-order valence-electron chi connectivity index (χ2n) is 3.08. The van der Waals surface area contributed by atoms with Crippen LogP contribution in [0.2, 0.25) is 0 Å². The Morgan fingerprint density at radius 3 is 2.54 bits per heavy atom. The Morgan fingerprint density at radius 1 is 1.31 bits per heavy atom. The molecule has 3 heteroatoms. The molecular weight excluding hydrogens is 230 g/mol. The fourth-order valence-corrected chi connectivity index (χ4v) is 1.96. The third-order valence-electron chi connectivity index (χ3n) is 2.21. The fourth-order valence-electron chi connectivity index (χ4n) is 1.51. The summed E-state index contributed by atoms with van der Waals surface area (Å²) in [6.07, 6.45) is 0.897. The van der Waals surface area contributed by atoms with Crippen molar-refractivity contribution in [3.63, 3.8) is 0 Å². The number of benzene rings is 1. The van der Waals surface area contributed by atoms with Crippen LogP contribution >= 0.6 is 15.9 Å². The van der Waals surface area contributed by atoms with Gasteiger partial charge in [0.15, 0.2) is 0 Å². The number of rotatable bonds is 1. The van der Waals surface area contributed by atoms with Crippen molar-refractivity contribution in [1.29, 1.82) is 0 Å². The molecule has 0 radical (unpaired) electrons. The van der Waals surface area contributed by atoms with Crippen molar-refractivity contribution >= 4 is 27.5 Å². The first-order chi connectivity index (χ1) is 6.29. The van der Waals surface area contributed by atoms with E-state index in [-0.39, 0.29) is 10.7 Å². The van der Waals surface area contributed by atoms with Gasteiger partial charge in [-0.2, -0.15) is 0 Å². The number of para-hydroxylation sites is 1. The Morgan fingerprint density at radius 2 is 2.00 bits per heavy atom. The maximum Gasteiger partial charge on any atom is 0.240 e. The number of anilines is 1. The molecule has 0 aliphatic carbocycles. The molecule has 0 saturated carbocycles. The Balaban J connectivity index is 2.24. The molecule has 13 heavy (non-hydrogen) atoms. The predicted molar refractivity (Wildman–Crippen MR) is 56.1 cm³/mol. The summed E-state index contributed by atoms with van der Waals surface area (Å²) in [6.45, 7) is 0.818. The summed E-state index contributed by atoms with van der Waals surface area (Å²) in [6, 6.07) is 9.77. The van der Waals surface area contributed by atoms with Crippen molar-refractivity contribution in [3.05, 3.63) is 30.3 Å². The molecule has 0 spiro atoms. The molecule has 1 fully saturated rings. The van der Waals surface area contributed by atoms with Crippen molar-refractivity contribution in [1.82, 2.24) is 0 Å². The molecule has 0 N–H and O–H groups in total. The van der Waals surface area contributed by atoms with Gasteiger partial charge in [-0.3, -0.25) is 4.79 Å². The Bertz CT molecular complexity index is 312. The van der Waals surface area contributed by atoms with Crippen LogP contribution in [0.25, 0.3) is 0 Å². The summed E-state index contributed by atoms with van der Waals surface area (Å²) in [4.78, 5) is 13.4. The van der Waals surface area contributed by atoms with Gasteiger partial charge in [-0.15, -0.1) is 0 Å². The fraction of sp³-hybridized carbons (Fsp3) is 0.300. The van der Waals surface area contributed by atoms with Crippen molar-refractivity contribution < 1.29 is 4.79 Å². The van der Waals surface area contributed by atoms with Crippen LogP contribution in [-0.2, 0) is 4.79 Å². The van der Waals surface area contributed by atoms with E-state index in [0.717, 1.165) is 18.7 Å². The maximum atomic E-state index is 11.6. The van der Waals surface area contributed by atoms with Gasteiger partial charge in [-0.25, -0.2) is 0 Å². The zero-order valence-electron chi connectivity index (χ0n) is 7.11. The topological polar surface area (TPSA) is 20.3 Å². The van der Waals surface area contributed by atoms with Gasteiger partial charge in [0.1, 0.15) is 0 Å². The van der Waals surface area contributed by atoms with E-state index in [0.29, 0.717) is 0 Å². The average molecular weight is 240 g/mol. The van der Waals surface area contributed by atoms with Gasteiger partial charge in [-0.05, 0) is 18.6 Å². The summed E-state index contributed by atoms with van der Waals surface area (Å²) in [5.41, 5.74) is 0.995. The molecular formula is C10H10BrNO. The molecule has 1 saturated heterocycles. The summed E-state index contributed by atoms with van der Waals surface area (Å²) >= 11 is 3.35. The van der Waals surface area contributed by atoms with Crippen molar-refractivity contribution in [2.45, 2.75) is 11.2 Å². The molecule has 1 heterocycles. The average Bonchev–Trinajstić information content (AvgIpc) is 2.49. The zero-order chi connectivity index (χ0) is 9.26. The number of alkyl halides is 1. The summed E-state index contributed by atoms with van der Waals surface area (Å²) in [5, 5.41) is 0. The number of hydrogen-bond acceptors (Lipinski definition) is 1. The van der Waals surface area contributed by atoms with Gasteiger partial charge in [0.25, 0.3) is 0 Å². The lowest BCUT2D eigenvalue weighted by atomic mass is 10.3. The SMILES string of the molecule is O=C1C(Br)CCN1c1ccccc1. The van der Waals surface area contributed by atoms with E-state index in [4.69, 9.17) is 0 Å². The molecule has 1 unspecified atom stereocenters. The first-order valence-electron chi connectivity index (χ1n) is 4.29. The minimum absolute atomic E-state index is 0.00714. The Hall–Kier alpha value is -0.830. The van der Waals surface area contributed by atoms with Gasteiger partial charge >= 0.3 is 0 Å². The summed E-state index contributed by atoms with van der Waals surface area (Å²) in [7, 11) is 0. The van der Waals surface area contributed by atoms with Crippen LogP contribution in [0.15, 0.2) is 30.3 Å². The summed E-state index contributed by atoms with van der Waals surface area (Å²) < 4.78 is 0. The number of amides is 1. The highest BCUT2D eigenvalue weighted by Crippen LogP contribution is 2.24. The zero-order valence-corrected chi connectivity index (χ0v) is 8.70. The van der Waals surface area contributed by atoms with Gasteiger partial charge in [0.2, 0.25) is 5.91 Å². The monoisotopic (exact) mass is 239 g/mol. The minimum atomic E-state index is 0.00714. The molecule has 1 aliphatic rings. The van der Waals surface area contributed by atoms with Crippen LogP contribution in [0, 0.1) is 0 Å². The van der Waals surface area contributed by atoms with Crippen LogP contribution in [0.1, 0.15) is 6.42 Å². The maximum absolute atomic E-state index is 11.6. The Labute approximate surface area is 85.7 Å². The van der Waals surface area contributed by atoms with E-state index >= 15 is 0 Å². The smallest absolute Gasteiger partial charge is 0.240 e. The lowest BCUT2D eigenvalue weighted by molar-refractivity contribution is -0.116. The minimum Gasteiger partial charge on any atom is -0.311 e. The van der Waals surface area contributed by atoms with Gasteiger partial charge in [-0.1, -0.05) is 34.1 Å². The lowest BCUT2D eigenvalue weighted by Crippen LogP contribution is -2.26. The molecule has 1 atom stereocenters. The largest absolute Gasteiger partial charge is 0.311 e. The molecule has 1 aliphatic heterocycles. The molecule has 1 amide bonds. The van der Waals surface area contributed by atoms with E-state index < -0.39 is 0 Å². The second-order valence-corrected chi connectivity index (χ2v) is 4.19. The summed E-state index contributed by atoms with van der Waals surface area (Å²) in [5.74, 6) is 0.172. The number of halogens is 1. The molecule has 0 bridgehead atoms. The van der Waals surface area contributed by atoms with Crippen LogP contribution in [0.5, 0.6) is 0 Å². The van der Waals surface area contributed by atoms with Crippen molar-refractivity contribution in [3.8, 4) is 0 Å². The third-order valence-corrected chi connectivity index (χ3v) is 3.06. The standard InChI is InChI=1S/C10H10BrNO/c11-9-6-7-12(10(9)13)8-4-2-1-3-5-8/h1-5,9H,6-7H2. The lowest BCUT2D eigenvalue weighted by Gasteiger charge is -2.15. The molecule has 2 rings (SSSR count). The van der Waals surface area contributed by atoms with Crippen LogP contribution in [0.3, 0.4) is 0 Å². The van der Waals surface area contributed by atoms with Crippen LogP contribution in [0.4, 0.5) is 5.69 Å². The first-order valence-corrected chi connectivity index (χ1v) is 5.21. The van der Waals surface area contributed by atoms with E-state index in [1.807, 2.05) is 35.2 Å². The number of carbonyl (C=O) groups is 1. The van der Waals surface area contributed by atoms with Gasteiger partial charge < -0.3 is 4.90 Å². The highest BCUT2D eigenvalue weighted by Gasteiger charge is 2.29. The van der Waals surface area contributed by atoms with Gasteiger partial charge in [0.05, 0.1) is 4.83 Å². The number of carbonyl (C=O) groups excluding carboxylic acids is 1. The predicted octanol–water partition coefficient (Wildman–Crippen LogP) is 2.19. The van der Waals surface area contributed by atoms with Crippen molar-refractivity contribution in [2.75, 3.05) is 11.4 Å². The van der Waals surface area contributed by atoms with E-state index in [9.17, 15) is 4.79 Å². The second kappa shape index (κ2) is 3.50. The normalized spacial score (nSPS) is 22.4. The number of nitrogens with zero attached hydrogens (tertiary/aromatic N) is 1. The highest BCUT2D eigenvalue weighted by molar-refractivity contribution is 9.10. The number of hydrogen-bond donors (Lipinski definition) is 0. The quantitative estimate of drug-likeness (QED) is 0.689. The van der Waals surface area contributed by atoms with E-state index in [1.54, 1.807) is 0 Å². The molecule has 1 aromatic rings. The Kier molecular flexibility index (Phi) is 2.36. The van der Waals surface area contributed by atoms with Crippen LogP contribution in [-0.4, -0.2) is 17.3 Å². The third kappa shape index (κ3) is 1.61. The van der Waals surface area contributed by atoms with E-state index in [2.05, 4.69) is 15.9 Å². The molecule has 0 aromatic heterocycles. The molecule has 68 valence electrons. The first kappa shape index (κ1) is 8.75.